The van der Waals surface area contributed by atoms with E-state index in [4.69, 9.17) is 22.1 Å². The number of ether oxygens (including phenoxy) is 1. The van der Waals surface area contributed by atoms with Crippen molar-refractivity contribution >= 4 is 40.3 Å². The molecule has 9 heteroatoms. The minimum absolute atomic E-state index is 0.204. The summed E-state index contributed by atoms with van der Waals surface area (Å²) in [5.41, 5.74) is 6.29. The van der Waals surface area contributed by atoms with Gasteiger partial charge in [0.25, 0.3) is 0 Å². The maximum Gasteiger partial charge on any atom is 0.306 e. The average Bonchev–Trinajstić information content (AvgIpc) is 3.37. The lowest BCUT2D eigenvalue weighted by Gasteiger charge is -2.31. The summed E-state index contributed by atoms with van der Waals surface area (Å²) in [6.07, 6.45) is 2.02. The molecule has 3 heterocycles. The molecule has 0 unspecified atom stereocenters. The normalized spacial score (nSPS) is 16.8. The fraction of sp³-hybridized carbons (Fsp3) is 0.381. The molecule has 2 aromatic rings. The number of hydrogen-bond donors (Lipinski definition) is 3. The fourth-order valence-electron chi connectivity index (χ4n) is 3.73. The smallest absolute Gasteiger partial charge is 0.306 e. The largest absolute Gasteiger partial charge is 0.506 e. The quantitative estimate of drug-likeness (QED) is 0.377. The Hall–Kier alpha value is -2.65. The maximum atomic E-state index is 11.1. The molecule has 4 rings (SSSR count). The summed E-state index contributed by atoms with van der Waals surface area (Å²) < 4.78 is 5.55. The molecule has 0 saturated carbocycles. The Morgan fingerprint density at radius 2 is 2.13 bits per heavy atom. The van der Waals surface area contributed by atoms with Gasteiger partial charge in [-0.2, -0.15) is 5.10 Å². The number of nitrogens with zero attached hydrogens (tertiary/aromatic N) is 2. The lowest BCUT2D eigenvalue weighted by molar-refractivity contribution is -0.143. The third-order valence-electron chi connectivity index (χ3n) is 5.56. The van der Waals surface area contributed by atoms with Gasteiger partial charge in [0.05, 0.1) is 28.7 Å². The lowest BCUT2D eigenvalue weighted by atomic mass is 9.97. The van der Waals surface area contributed by atoms with Gasteiger partial charge in [0, 0.05) is 24.9 Å². The van der Waals surface area contributed by atoms with Gasteiger partial charge in [-0.1, -0.05) is 0 Å². The van der Waals surface area contributed by atoms with E-state index < -0.39 is 5.97 Å². The van der Waals surface area contributed by atoms with E-state index in [9.17, 15) is 9.90 Å². The van der Waals surface area contributed by atoms with E-state index in [1.54, 1.807) is 0 Å². The number of thiocarbonyl (C=S) groups is 1. The van der Waals surface area contributed by atoms with Crippen LogP contribution in [0.2, 0.25) is 0 Å². The molecule has 7 nitrogen and oxygen atoms in total. The topological polar surface area (TPSA) is 94.4 Å². The SMILES string of the molecule is C/C(=N\NC(=S)N1CCC(C(=O)O)CC1)c1csc(-c2ccc3c(c2)CCO3)c1O. The van der Waals surface area contributed by atoms with E-state index in [0.29, 0.717) is 48.9 Å². The Kier molecular flexibility index (Phi) is 5.92. The Morgan fingerprint density at radius 3 is 2.87 bits per heavy atom. The highest BCUT2D eigenvalue weighted by Crippen LogP contribution is 2.40. The minimum Gasteiger partial charge on any atom is -0.506 e. The van der Waals surface area contributed by atoms with E-state index in [-0.39, 0.29) is 11.7 Å². The number of carbonyl (C=O) groups is 1. The maximum absolute atomic E-state index is 11.1. The number of piperidine rings is 1. The van der Waals surface area contributed by atoms with Crippen LogP contribution < -0.4 is 10.2 Å². The van der Waals surface area contributed by atoms with E-state index in [0.717, 1.165) is 28.2 Å². The molecular formula is C21H23N3O4S2. The van der Waals surface area contributed by atoms with Crippen LogP contribution in [-0.2, 0) is 11.2 Å². The predicted octanol–water partition coefficient (Wildman–Crippen LogP) is 3.45. The second-order valence-electron chi connectivity index (χ2n) is 7.46. The third-order valence-corrected chi connectivity index (χ3v) is 6.92. The molecule has 0 spiro atoms. The van der Waals surface area contributed by atoms with Crippen LogP contribution in [-0.4, -0.2) is 51.6 Å². The number of rotatable bonds is 4. The van der Waals surface area contributed by atoms with Crippen LogP contribution in [0.4, 0.5) is 0 Å². The van der Waals surface area contributed by atoms with Crippen molar-refractivity contribution in [2.75, 3.05) is 19.7 Å². The Labute approximate surface area is 184 Å². The van der Waals surface area contributed by atoms with E-state index in [2.05, 4.69) is 16.6 Å². The number of aliphatic carboxylic acids is 1. The summed E-state index contributed by atoms with van der Waals surface area (Å²) in [7, 11) is 0. The van der Waals surface area contributed by atoms with Gasteiger partial charge in [0.1, 0.15) is 11.5 Å². The molecule has 30 heavy (non-hydrogen) atoms. The van der Waals surface area contributed by atoms with Crippen molar-refractivity contribution in [3.05, 3.63) is 34.7 Å². The summed E-state index contributed by atoms with van der Waals surface area (Å²) in [5.74, 6) is 0.0660. The van der Waals surface area contributed by atoms with Gasteiger partial charge in [-0.05, 0) is 61.3 Å². The predicted molar refractivity (Wildman–Crippen MR) is 120 cm³/mol. The zero-order valence-corrected chi connectivity index (χ0v) is 18.2. The summed E-state index contributed by atoms with van der Waals surface area (Å²) in [4.78, 5) is 13.8. The number of aromatic hydroxyl groups is 1. The van der Waals surface area contributed by atoms with Gasteiger partial charge >= 0.3 is 5.97 Å². The lowest BCUT2D eigenvalue weighted by Crippen LogP contribution is -2.44. The van der Waals surface area contributed by atoms with Gasteiger partial charge < -0.3 is 19.8 Å². The first-order valence-electron chi connectivity index (χ1n) is 9.83. The van der Waals surface area contributed by atoms with Crippen LogP contribution in [0.5, 0.6) is 11.5 Å². The number of likely N-dealkylation sites (tertiary alicyclic amines) is 1. The summed E-state index contributed by atoms with van der Waals surface area (Å²) >= 11 is 6.87. The molecule has 0 aliphatic carbocycles. The van der Waals surface area contributed by atoms with Crippen LogP contribution in [0.1, 0.15) is 30.9 Å². The molecule has 0 amide bonds. The molecule has 1 saturated heterocycles. The van der Waals surface area contributed by atoms with Crippen molar-refractivity contribution in [1.82, 2.24) is 10.3 Å². The van der Waals surface area contributed by atoms with Crippen molar-refractivity contribution in [3.8, 4) is 21.9 Å². The van der Waals surface area contributed by atoms with Crippen LogP contribution >= 0.6 is 23.6 Å². The van der Waals surface area contributed by atoms with E-state index in [1.807, 2.05) is 29.3 Å². The first-order valence-corrected chi connectivity index (χ1v) is 11.1. The molecule has 1 aromatic heterocycles. The van der Waals surface area contributed by atoms with E-state index >= 15 is 0 Å². The molecule has 1 aromatic carbocycles. The highest BCUT2D eigenvalue weighted by molar-refractivity contribution is 7.80. The molecule has 0 radical (unpaired) electrons. The van der Waals surface area contributed by atoms with Crippen molar-refractivity contribution in [3.63, 3.8) is 0 Å². The number of hydrazone groups is 1. The van der Waals surface area contributed by atoms with Gasteiger partial charge in [0.2, 0.25) is 0 Å². The van der Waals surface area contributed by atoms with Gasteiger partial charge in [-0.25, -0.2) is 0 Å². The first kappa shape index (κ1) is 20.6. The highest BCUT2D eigenvalue weighted by Gasteiger charge is 2.25. The molecule has 158 valence electrons. The zero-order chi connectivity index (χ0) is 21.3. The summed E-state index contributed by atoms with van der Waals surface area (Å²) in [6, 6.07) is 5.98. The molecule has 0 atom stereocenters. The number of thiophene rings is 1. The van der Waals surface area contributed by atoms with Crippen LogP contribution in [0.3, 0.4) is 0 Å². The monoisotopic (exact) mass is 445 g/mol. The second-order valence-corrected chi connectivity index (χ2v) is 8.73. The molecule has 2 aliphatic rings. The molecule has 1 fully saturated rings. The number of carboxylic acids is 1. The second kappa shape index (κ2) is 8.61. The van der Waals surface area contributed by atoms with Gasteiger partial charge in [-0.3, -0.25) is 10.2 Å². The molecule has 2 aliphatic heterocycles. The molecular weight excluding hydrogens is 422 g/mol. The van der Waals surface area contributed by atoms with Crippen molar-refractivity contribution < 1.29 is 19.7 Å². The van der Waals surface area contributed by atoms with Crippen molar-refractivity contribution in [2.45, 2.75) is 26.2 Å². The summed E-state index contributed by atoms with van der Waals surface area (Å²) in [6.45, 7) is 3.70. The first-order chi connectivity index (χ1) is 14.4. The van der Waals surface area contributed by atoms with Crippen LogP contribution in [0, 0.1) is 5.92 Å². The van der Waals surface area contributed by atoms with Crippen LogP contribution in [0.25, 0.3) is 10.4 Å². The highest BCUT2D eigenvalue weighted by atomic mass is 32.1. The standard InChI is InChI=1S/C21H23N3O4S2/c1-12(22-23-21(29)24-7-4-13(5-8-24)20(26)27)16-11-30-19(18(16)25)15-2-3-17-14(10-15)6-9-28-17/h2-3,10-11,13,25H,4-9H2,1H3,(H,23,29)(H,26,27)/b22-12+. The Bertz CT molecular complexity index is 1010. The number of carboxylic acid groups (broad SMARTS) is 1. The zero-order valence-electron chi connectivity index (χ0n) is 16.6. The van der Waals surface area contributed by atoms with Gasteiger partial charge in [0.15, 0.2) is 5.11 Å². The minimum atomic E-state index is -0.748. The molecule has 3 N–H and O–H groups in total. The summed E-state index contributed by atoms with van der Waals surface area (Å²) in [5, 5.41) is 26.6. The molecule has 0 bridgehead atoms. The van der Waals surface area contributed by atoms with Crippen molar-refractivity contribution in [1.29, 1.82) is 0 Å². The number of hydrogen-bond acceptors (Lipinski definition) is 6. The fourth-order valence-corrected chi connectivity index (χ4v) is 4.96. The Morgan fingerprint density at radius 1 is 1.37 bits per heavy atom. The Balaban J connectivity index is 1.42. The van der Waals surface area contributed by atoms with Crippen LogP contribution in [0.15, 0.2) is 28.7 Å². The van der Waals surface area contributed by atoms with Gasteiger partial charge in [-0.15, -0.1) is 11.3 Å². The van der Waals surface area contributed by atoms with E-state index in [1.165, 1.54) is 11.3 Å². The average molecular weight is 446 g/mol. The number of benzene rings is 1. The van der Waals surface area contributed by atoms with Crippen molar-refractivity contribution in [2.24, 2.45) is 11.0 Å². The number of nitrogens with one attached hydrogen (secondary N) is 1. The number of fused-ring (bicyclic) bond motifs is 1. The third kappa shape index (κ3) is 4.13.